The molecule has 3 rings (SSSR count). The second kappa shape index (κ2) is 10.9. The van der Waals surface area contributed by atoms with Gasteiger partial charge < -0.3 is 10.1 Å². The van der Waals surface area contributed by atoms with Crippen LogP contribution in [0.15, 0.2) is 82.3 Å². The lowest BCUT2D eigenvalue weighted by atomic mass is 10.2. The Kier molecular flexibility index (Phi) is 7.94. The van der Waals surface area contributed by atoms with E-state index in [-0.39, 0.29) is 5.91 Å². The monoisotopic (exact) mass is 456 g/mol. The van der Waals surface area contributed by atoms with E-state index in [4.69, 9.17) is 4.74 Å². The van der Waals surface area contributed by atoms with Gasteiger partial charge in [-0.25, -0.2) is 0 Å². The fraction of sp³-hybridized carbons (Fsp3) is 0.182. The van der Waals surface area contributed by atoms with Gasteiger partial charge >= 0.3 is 0 Å². The van der Waals surface area contributed by atoms with Crippen molar-refractivity contribution >= 4 is 33.6 Å². The molecule has 1 N–H and O–H groups in total. The molecule has 1 amide bonds. The summed E-state index contributed by atoms with van der Waals surface area (Å²) in [7, 11) is 0. The van der Waals surface area contributed by atoms with E-state index in [1.807, 2.05) is 66.7 Å². The molecule has 144 valence electrons. The Morgan fingerprint density at radius 1 is 1.07 bits per heavy atom. The van der Waals surface area contributed by atoms with Crippen molar-refractivity contribution < 1.29 is 9.53 Å². The van der Waals surface area contributed by atoms with Gasteiger partial charge in [0, 0.05) is 34.3 Å². The summed E-state index contributed by atoms with van der Waals surface area (Å²) in [6, 6.07) is 21.6. The number of halogens is 1. The zero-order valence-electron chi connectivity index (χ0n) is 15.3. The zero-order chi connectivity index (χ0) is 19.6. The van der Waals surface area contributed by atoms with Crippen LogP contribution in [-0.2, 0) is 17.9 Å². The van der Waals surface area contributed by atoms with E-state index in [0.29, 0.717) is 19.6 Å². The van der Waals surface area contributed by atoms with Gasteiger partial charge in [-0.3, -0.25) is 9.78 Å². The number of ether oxygens (including phenoxy) is 1. The molecule has 0 bridgehead atoms. The first kappa shape index (κ1) is 20.4. The molecular weight excluding hydrogens is 436 g/mol. The third-order valence-electron chi connectivity index (χ3n) is 3.91. The minimum atomic E-state index is 0.0458. The summed E-state index contributed by atoms with van der Waals surface area (Å²) in [5.41, 5.74) is 1.89. The Balaban J connectivity index is 1.40. The van der Waals surface area contributed by atoms with Gasteiger partial charge in [0.2, 0.25) is 5.91 Å². The lowest BCUT2D eigenvalue weighted by Gasteiger charge is -2.09. The highest BCUT2D eigenvalue weighted by atomic mass is 79.9. The molecule has 1 aromatic heterocycles. The Bertz CT molecular complexity index is 889. The summed E-state index contributed by atoms with van der Waals surface area (Å²) in [4.78, 5) is 17.5. The third kappa shape index (κ3) is 7.02. The van der Waals surface area contributed by atoms with E-state index in [2.05, 4.69) is 26.2 Å². The van der Waals surface area contributed by atoms with Crippen molar-refractivity contribution in [2.24, 2.45) is 0 Å². The molecule has 0 fully saturated rings. The number of rotatable bonds is 9. The van der Waals surface area contributed by atoms with Crippen LogP contribution in [0.3, 0.4) is 0 Å². The Morgan fingerprint density at radius 2 is 1.93 bits per heavy atom. The molecule has 0 atom stereocenters. The number of nitrogens with zero attached hydrogens (tertiary/aromatic N) is 1. The molecule has 1 heterocycles. The molecule has 3 aromatic rings. The Hall–Kier alpha value is -2.31. The largest absolute Gasteiger partial charge is 0.487 e. The maximum Gasteiger partial charge on any atom is 0.221 e. The average molecular weight is 457 g/mol. The van der Waals surface area contributed by atoms with Crippen molar-refractivity contribution in [3.8, 4) is 5.75 Å². The smallest absolute Gasteiger partial charge is 0.221 e. The van der Waals surface area contributed by atoms with Gasteiger partial charge in [-0.2, -0.15) is 0 Å². The molecule has 0 saturated carbocycles. The lowest BCUT2D eigenvalue weighted by molar-refractivity contribution is -0.120. The molecule has 0 spiro atoms. The molecule has 0 radical (unpaired) electrons. The summed E-state index contributed by atoms with van der Waals surface area (Å²) in [5.74, 6) is 1.56. The predicted octanol–water partition coefficient (Wildman–Crippen LogP) is 5.22. The van der Waals surface area contributed by atoms with Gasteiger partial charge in [-0.15, -0.1) is 11.8 Å². The standard InChI is InChI=1S/C22H21BrN2O2S/c23-18-7-9-21(10-8-18)28-13-11-22(26)25-15-17-4-3-6-20(14-17)27-16-19-5-1-2-12-24-19/h1-10,12,14H,11,13,15-16H2,(H,25,26). The van der Waals surface area contributed by atoms with Crippen molar-refractivity contribution in [1.82, 2.24) is 10.3 Å². The predicted molar refractivity (Wildman–Crippen MR) is 116 cm³/mol. The van der Waals surface area contributed by atoms with Crippen LogP contribution in [-0.4, -0.2) is 16.6 Å². The summed E-state index contributed by atoms with van der Waals surface area (Å²) in [6.45, 7) is 0.909. The summed E-state index contributed by atoms with van der Waals surface area (Å²) in [6.07, 6.45) is 2.23. The van der Waals surface area contributed by atoms with Gasteiger partial charge in [-0.05, 0) is 54.1 Å². The SMILES string of the molecule is O=C(CCSc1ccc(Br)cc1)NCc1cccc(OCc2ccccn2)c1. The van der Waals surface area contributed by atoms with Crippen LogP contribution < -0.4 is 10.1 Å². The second-order valence-electron chi connectivity index (χ2n) is 6.09. The number of benzene rings is 2. The Morgan fingerprint density at radius 3 is 2.71 bits per heavy atom. The first-order chi connectivity index (χ1) is 13.7. The van der Waals surface area contributed by atoms with Crippen LogP contribution in [0.25, 0.3) is 0 Å². The number of hydrogen-bond donors (Lipinski definition) is 1. The number of carbonyl (C=O) groups excluding carboxylic acids is 1. The number of carbonyl (C=O) groups is 1. The van der Waals surface area contributed by atoms with Crippen LogP contribution in [0.2, 0.25) is 0 Å². The molecule has 28 heavy (non-hydrogen) atoms. The molecule has 2 aromatic carbocycles. The van der Waals surface area contributed by atoms with Crippen molar-refractivity contribution in [1.29, 1.82) is 0 Å². The second-order valence-corrected chi connectivity index (χ2v) is 8.17. The zero-order valence-corrected chi connectivity index (χ0v) is 17.7. The Labute approximate surface area is 177 Å². The van der Waals surface area contributed by atoms with Gasteiger partial charge in [-0.1, -0.05) is 34.1 Å². The molecule has 0 unspecified atom stereocenters. The van der Waals surface area contributed by atoms with Crippen LogP contribution >= 0.6 is 27.7 Å². The summed E-state index contributed by atoms with van der Waals surface area (Å²) < 4.78 is 6.84. The highest BCUT2D eigenvalue weighted by molar-refractivity contribution is 9.10. The fourth-order valence-electron chi connectivity index (χ4n) is 2.47. The van der Waals surface area contributed by atoms with Gasteiger partial charge in [0.05, 0.1) is 5.69 Å². The number of hydrogen-bond acceptors (Lipinski definition) is 4. The molecular formula is C22H21BrN2O2S. The number of amides is 1. The normalized spacial score (nSPS) is 10.5. The number of nitrogens with one attached hydrogen (secondary N) is 1. The fourth-order valence-corrected chi connectivity index (χ4v) is 3.58. The molecule has 6 heteroatoms. The van der Waals surface area contributed by atoms with Crippen LogP contribution in [0.4, 0.5) is 0 Å². The maximum absolute atomic E-state index is 12.1. The van der Waals surface area contributed by atoms with E-state index in [0.717, 1.165) is 32.1 Å². The van der Waals surface area contributed by atoms with E-state index in [1.54, 1.807) is 18.0 Å². The quantitative estimate of drug-likeness (QED) is 0.448. The first-order valence-electron chi connectivity index (χ1n) is 8.96. The van der Waals surface area contributed by atoms with Crippen LogP contribution in [0.1, 0.15) is 17.7 Å². The topological polar surface area (TPSA) is 51.2 Å². The van der Waals surface area contributed by atoms with Gasteiger partial charge in [0.15, 0.2) is 0 Å². The highest BCUT2D eigenvalue weighted by Crippen LogP contribution is 2.21. The van der Waals surface area contributed by atoms with Crippen LogP contribution in [0, 0.1) is 0 Å². The van der Waals surface area contributed by atoms with Gasteiger partial charge in [0.25, 0.3) is 0 Å². The highest BCUT2D eigenvalue weighted by Gasteiger charge is 2.04. The minimum absolute atomic E-state index is 0.0458. The van der Waals surface area contributed by atoms with E-state index >= 15 is 0 Å². The van der Waals surface area contributed by atoms with Gasteiger partial charge in [0.1, 0.15) is 12.4 Å². The van der Waals surface area contributed by atoms with E-state index in [9.17, 15) is 4.79 Å². The first-order valence-corrected chi connectivity index (χ1v) is 10.7. The summed E-state index contributed by atoms with van der Waals surface area (Å²) in [5, 5.41) is 2.97. The molecule has 0 aliphatic rings. The third-order valence-corrected chi connectivity index (χ3v) is 5.45. The molecule has 0 saturated heterocycles. The number of thioether (sulfide) groups is 1. The number of pyridine rings is 1. The van der Waals surface area contributed by atoms with Crippen molar-refractivity contribution in [3.05, 3.63) is 88.7 Å². The maximum atomic E-state index is 12.1. The van der Waals surface area contributed by atoms with Crippen molar-refractivity contribution in [2.45, 2.75) is 24.5 Å². The van der Waals surface area contributed by atoms with E-state index < -0.39 is 0 Å². The van der Waals surface area contributed by atoms with Crippen molar-refractivity contribution in [2.75, 3.05) is 5.75 Å². The molecule has 0 aliphatic carbocycles. The number of aromatic nitrogens is 1. The van der Waals surface area contributed by atoms with Crippen molar-refractivity contribution in [3.63, 3.8) is 0 Å². The van der Waals surface area contributed by atoms with E-state index in [1.165, 1.54) is 0 Å². The average Bonchev–Trinajstić information content (AvgIpc) is 2.73. The van der Waals surface area contributed by atoms with Crippen LogP contribution in [0.5, 0.6) is 5.75 Å². The lowest BCUT2D eigenvalue weighted by Crippen LogP contribution is -2.23. The summed E-state index contributed by atoms with van der Waals surface area (Å²) >= 11 is 5.10. The minimum Gasteiger partial charge on any atom is -0.487 e. The molecule has 0 aliphatic heterocycles. The molecule has 4 nitrogen and oxygen atoms in total.